The molecule has 0 aliphatic rings. The fourth-order valence-corrected chi connectivity index (χ4v) is 1.05. The van der Waals surface area contributed by atoms with Crippen molar-refractivity contribution in [1.29, 1.82) is 0 Å². The van der Waals surface area contributed by atoms with Crippen LogP contribution in [0, 0.1) is 11.6 Å². The Bertz CT molecular complexity index is 369. The van der Waals surface area contributed by atoms with E-state index in [-0.39, 0.29) is 10.2 Å². The Morgan fingerprint density at radius 2 is 1.93 bits per heavy atom. The molecule has 0 aromatic heterocycles. The van der Waals surface area contributed by atoms with Gasteiger partial charge in [0.15, 0.2) is 0 Å². The van der Waals surface area contributed by atoms with E-state index >= 15 is 0 Å². The number of anilines is 1. The van der Waals surface area contributed by atoms with Gasteiger partial charge in [-0.15, -0.1) is 0 Å². The molecule has 0 radical (unpaired) electrons. The number of benzene rings is 1. The van der Waals surface area contributed by atoms with Crippen LogP contribution in [0.15, 0.2) is 29.3 Å². The Kier molecular flexibility index (Phi) is 3.35. The zero-order chi connectivity index (χ0) is 10.7. The van der Waals surface area contributed by atoms with Crippen molar-refractivity contribution in [1.82, 2.24) is 0 Å². The molecule has 14 heavy (non-hydrogen) atoms. The highest BCUT2D eigenvalue weighted by Crippen LogP contribution is 2.23. The van der Waals surface area contributed by atoms with Gasteiger partial charge < -0.3 is 5.32 Å². The Balaban J connectivity index is 3.01. The molecule has 1 N–H and O–H groups in total. The molecule has 0 unspecified atom stereocenters. The van der Waals surface area contributed by atoms with E-state index in [1.165, 1.54) is 0 Å². The highest BCUT2D eigenvalue weighted by atomic mass is 79.9. The third-order valence-electron chi connectivity index (χ3n) is 1.44. The minimum Gasteiger partial charge on any atom is -0.322 e. The normalized spacial score (nSPS) is 9.64. The smallest absolute Gasteiger partial charge is 0.247 e. The topological polar surface area (TPSA) is 29.1 Å². The SMILES string of the molecule is C=CC(=O)Nc1cc(F)c(Br)c(F)c1. The first-order chi connectivity index (χ1) is 6.54. The van der Waals surface area contributed by atoms with Gasteiger partial charge in [0, 0.05) is 5.69 Å². The Morgan fingerprint density at radius 1 is 1.43 bits per heavy atom. The number of hydrogen-bond acceptors (Lipinski definition) is 1. The van der Waals surface area contributed by atoms with Gasteiger partial charge >= 0.3 is 0 Å². The highest BCUT2D eigenvalue weighted by molar-refractivity contribution is 9.10. The number of carbonyl (C=O) groups is 1. The van der Waals surface area contributed by atoms with Crippen molar-refractivity contribution in [3.63, 3.8) is 0 Å². The first kappa shape index (κ1) is 10.8. The van der Waals surface area contributed by atoms with E-state index in [4.69, 9.17) is 0 Å². The van der Waals surface area contributed by atoms with Gasteiger partial charge in [0.05, 0.1) is 4.47 Å². The standard InChI is InChI=1S/C9H6BrF2NO/c1-2-8(14)13-5-3-6(11)9(10)7(12)4-5/h2-4H,1H2,(H,13,14). The molecular weight excluding hydrogens is 256 g/mol. The quantitative estimate of drug-likeness (QED) is 0.644. The summed E-state index contributed by atoms with van der Waals surface area (Å²) >= 11 is 2.71. The van der Waals surface area contributed by atoms with E-state index in [2.05, 4.69) is 27.8 Å². The first-order valence-electron chi connectivity index (χ1n) is 3.62. The second-order valence-corrected chi connectivity index (χ2v) is 3.24. The maximum atomic E-state index is 12.9. The first-order valence-corrected chi connectivity index (χ1v) is 4.42. The summed E-state index contributed by atoms with van der Waals surface area (Å²) in [5, 5.41) is 2.24. The molecule has 1 aromatic rings. The number of rotatable bonds is 2. The zero-order valence-electron chi connectivity index (χ0n) is 6.98. The molecule has 0 atom stereocenters. The van der Waals surface area contributed by atoms with Crippen LogP contribution in [-0.4, -0.2) is 5.91 Å². The van der Waals surface area contributed by atoms with Crippen LogP contribution in [0.25, 0.3) is 0 Å². The lowest BCUT2D eigenvalue weighted by atomic mass is 10.3. The number of nitrogens with one attached hydrogen (secondary N) is 1. The molecule has 2 nitrogen and oxygen atoms in total. The van der Waals surface area contributed by atoms with E-state index in [1.54, 1.807) is 0 Å². The van der Waals surface area contributed by atoms with Crippen molar-refractivity contribution < 1.29 is 13.6 Å². The maximum absolute atomic E-state index is 12.9. The molecule has 1 amide bonds. The zero-order valence-corrected chi connectivity index (χ0v) is 8.57. The summed E-state index contributed by atoms with van der Waals surface area (Å²) in [6.45, 7) is 3.21. The molecule has 74 valence electrons. The van der Waals surface area contributed by atoms with Crippen LogP contribution >= 0.6 is 15.9 Å². The van der Waals surface area contributed by atoms with Crippen molar-refractivity contribution in [2.24, 2.45) is 0 Å². The predicted octanol–water partition coefficient (Wildman–Crippen LogP) is 2.85. The number of carbonyl (C=O) groups excluding carboxylic acids is 1. The fourth-order valence-electron chi connectivity index (χ4n) is 0.821. The molecule has 0 heterocycles. The second kappa shape index (κ2) is 4.32. The van der Waals surface area contributed by atoms with Crippen molar-refractivity contribution in [3.8, 4) is 0 Å². The largest absolute Gasteiger partial charge is 0.322 e. The lowest BCUT2D eigenvalue weighted by molar-refractivity contribution is -0.111. The summed E-state index contributed by atoms with van der Waals surface area (Å²) in [4.78, 5) is 10.8. The van der Waals surface area contributed by atoms with Crippen LogP contribution in [0.3, 0.4) is 0 Å². The van der Waals surface area contributed by atoms with Crippen molar-refractivity contribution in [2.45, 2.75) is 0 Å². The minimum atomic E-state index is -0.774. The summed E-state index contributed by atoms with van der Waals surface area (Å²) in [5.41, 5.74) is 0.0492. The second-order valence-electron chi connectivity index (χ2n) is 2.45. The van der Waals surface area contributed by atoms with Gasteiger partial charge in [-0.25, -0.2) is 8.78 Å². The average Bonchev–Trinajstić information content (AvgIpc) is 2.14. The van der Waals surface area contributed by atoms with Crippen LogP contribution in [0.1, 0.15) is 0 Å². The summed E-state index contributed by atoms with van der Waals surface area (Å²) in [7, 11) is 0. The monoisotopic (exact) mass is 261 g/mol. The van der Waals surface area contributed by atoms with Crippen molar-refractivity contribution in [3.05, 3.63) is 40.9 Å². The van der Waals surface area contributed by atoms with Crippen LogP contribution in [0.2, 0.25) is 0 Å². The van der Waals surface area contributed by atoms with Gasteiger partial charge in [-0.05, 0) is 34.1 Å². The molecule has 1 rings (SSSR count). The Hall–Kier alpha value is -1.23. The molecule has 0 aliphatic carbocycles. The highest BCUT2D eigenvalue weighted by Gasteiger charge is 2.08. The van der Waals surface area contributed by atoms with Crippen LogP contribution in [0.4, 0.5) is 14.5 Å². The van der Waals surface area contributed by atoms with Gasteiger partial charge in [-0.3, -0.25) is 4.79 Å². The van der Waals surface area contributed by atoms with Gasteiger partial charge in [-0.2, -0.15) is 0 Å². The van der Waals surface area contributed by atoms with Gasteiger partial charge in [0.25, 0.3) is 0 Å². The van der Waals surface area contributed by atoms with Crippen molar-refractivity contribution in [2.75, 3.05) is 5.32 Å². The third kappa shape index (κ3) is 2.38. The molecule has 1 aromatic carbocycles. The van der Waals surface area contributed by atoms with E-state index in [1.807, 2.05) is 0 Å². The van der Waals surface area contributed by atoms with Gasteiger partial charge in [-0.1, -0.05) is 6.58 Å². The van der Waals surface area contributed by atoms with Gasteiger partial charge in [0.2, 0.25) is 5.91 Å². The molecule has 0 saturated carbocycles. The lowest BCUT2D eigenvalue weighted by Gasteiger charge is -2.03. The molecule has 5 heteroatoms. The van der Waals surface area contributed by atoms with Gasteiger partial charge in [0.1, 0.15) is 11.6 Å². The molecule has 0 bridgehead atoms. The third-order valence-corrected chi connectivity index (χ3v) is 2.19. The van der Waals surface area contributed by atoms with E-state index < -0.39 is 17.5 Å². The Labute approximate surface area is 87.7 Å². The lowest BCUT2D eigenvalue weighted by Crippen LogP contribution is -2.07. The number of hydrogen-bond donors (Lipinski definition) is 1. The summed E-state index contributed by atoms with van der Waals surface area (Å²) in [6, 6.07) is 2.02. The fraction of sp³-hybridized carbons (Fsp3) is 0. The predicted molar refractivity (Wildman–Crippen MR) is 52.9 cm³/mol. The van der Waals surface area contributed by atoms with E-state index in [0.717, 1.165) is 18.2 Å². The van der Waals surface area contributed by atoms with Crippen LogP contribution in [0.5, 0.6) is 0 Å². The van der Waals surface area contributed by atoms with Crippen LogP contribution < -0.4 is 5.32 Å². The molecular formula is C9H6BrF2NO. The Morgan fingerprint density at radius 3 is 2.36 bits per heavy atom. The molecule has 0 saturated heterocycles. The van der Waals surface area contributed by atoms with E-state index in [0.29, 0.717) is 0 Å². The summed E-state index contributed by atoms with van der Waals surface area (Å²) < 4.78 is 25.6. The van der Waals surface area contributed by atoms with Crippen LogP contribution in [-0.2, 0) is 4.79 Å². The number of amides is 1. The summed E-state index contributed by atoms with van der Waals surface area (Å²) in [5.74, 6) is -2.07. The average molecular weight is 262 g/mol. The molecule has 0 spiro atoms. The van der Waals surface area contributed by atoms with Crippen molar-refractivity contribution >= 4 is 27.5 Å². The molecule has 0 fully saturated rings. The molecule has 0 aliphatic heterocycles. The minimum absolute atomic E-state index is 0.0492. The maximum Gasteiger partial charge on any atom is 0.247 e. The number of halogens is 3. The van der Waals surface area contributed by atoms with E-state index in [9.17, 15) is 13.6 Å². The summed E-state index contributed by atoms with van der Waals surface area (Å²) in [6.07, 6.45) is 1.01.